The van der Waals surface area contributed by atoms with Gasteiger partial charge in [-0.15, -0.1) is 6.58 Å². The van der Waals surface area contributed by atoms with Crippen LogP contribution in [0.5, 0.6) is 0 Å². The number of benzene rings is 1. The molecule has 164 valence electrons. The van der Waals surface area contributed by atoms with Crippen molar-refractivity contribution in [2.45, 2.75) is 44.5 Å². The average Bonchev–Trinajstić information content (AvgIpc) is 2.90. The van der Waals surface area contributed by atoms with Gasteiger partial charge in [0.1, 0.15) is 5.60 Å². The van der Waals surface area contributed by atoms with E-state index in [1.165, 1.54) is 20.3 Å². The van der Waals surface area contributed by atoms with Crippen molar-refractivity contribution in [3.05, 3.63) is 52.6 Å². The monoisotopic (exact) mass is 420 g/mol. The van der Waals surface area contributed by atoms with E-state index >= 15 is 0 Å². The van der Waals surface area contributed by atoms with E-state index < -0.39 is 46.7 Å². The van der Waals surface area contributed by atoms with Crippen LogP contribution in [0.2, 0.25) is 0 Å². The molecule has 2 amide bonds. The molecule has 2 rings (SSSR count). The molecule has 1 aromatic carbocycles. The first-order valence-electron chi connectivity index (χ1n) is 9.48. The molecule has 30 heavy (non-hydrogen) atoms. The Morgan fingerprint density at radius 2 is 1.90 bits per heavy atom. The van der Waals surface area contributed by atoms with Crippen molar-refractivity contribution in [2.75, 3.05) is 25.7 Å². The first kappa shape index (κ1) is 23.5. The Labute approximate surface area is 175 Å². The van der Waals surface area contributed by atoms with Gasteiger partial charge in [-0.2, -0.15) is 0 Å². The molecule has 1 aliphatic rings. The molecule has 0 aromatic heterocycles. The molecule has 0 spiro atoms. The van der Waals surface area contributed by atoms with Crippen LogP contribution in [0.4, 0.5) is 10.5 Å². The van der Waals surface area contributed by atoms with Crippen LogP contribution in [-0.2, 0) is 24.4 Å². The summed E-state index contributed by atoms with van der Waals surface area (Å²) in [5, 5.41) is 11.5. The number of nitrogens with zero attached hydrogens (tertiary/aromatic N) is 2. The summed E-state index contributed by atoms with van der Waals surface area (Å²) < 4.78 is 16.1. The van der Waals surface area contributed by atoms with Crippen LogP contribution in [0.15, 0.2) is 36.9 Å². The molecule has 0 radical (unpaired) electrons. The number of hydrogen-bond donors (Lipinski definition) is 0. The number of para-hydroxylation sites is 1. The topological polar surface area (TPSA) is 108 Å². The first-order valence-corrected chi connectivity index (χ1v) is 9.48. The number of fused-ring (bicyclic) bond motifs is 1. The second-order valence-electron chi connectivity index (χ2n) is 8.06. The minimum absolute atomic E-state index is 0.0455. The molecule has 1 aliphatic heterocycles. The highest BCUT2D eigenvalue weighted by atomic mass is 16.7. The minimum Gasteiger partial charge on any atom is -0.443 e. The number of anilines is 1. The van der Waals surface area contributed by atoms with Gasteiger partial charge < -0.3 is 14.2 Å². The third-order valence-electron chi connectivity index (χ3n) is 5.02. The Morgan fingerprint density at radius 3 is 2.40 bits per heavy atom. The lowest BCUT2D eigenvalue weighted by atomic mass is 9.68. The number of nitro groups is 1. The second kappa shape index (κ2) is 8.93. The number of amides is 2. The van der Waals surface area contributed by atoms with Gasteiger partial charge in [-0.25, -0.2) is 9.69 Å². The fourth-order valence-corrected chi connectivity index (χ4v) is 3.95. The quantitative estimate of drug-likeness (QED) is 0.275. The summed E-state index contributed by atoms with van der Waals surface area (Å²) in [6, 6.07) is 6.68. The lowest BCUT2D eigenvalue weighted by molar-refractivity contribution is -0.496. The number of imide groups is 1. The number of carbonyl (C=O) groups is 2. The Balaban J connectivity index is 2.74. The largest absolute Gasteiger partial charge is 0.443 e. The molecule has 0 aliphatic carbocycles. The van der Waals surface area contributed by atoms with Crippen molar-refractivity contribution < 1.29 is 28.7 Å². The van der Waals surface area contributed by atoms with Crippen LogP contribution in [0.1, 0.15) is 32.8 Å². The van der Waals surface area contributed by atoms with Crippen LogP contribution in [0.25, 0.3) is 0 Å². The standard InChI is InChI=1S/C21H28N2O7/c1-7-12-21(15(13-22(26)27)17(28-5)29-6)14-10-8-9-11-16(14)23(18(21)24)19(25)30-20(2,3)4/h7-11,15,17H,1,12-13H2,2-6H3/t15-,21-/m0/s1. The van der Waals surface area contributed by atoms with Gasteiger partial charge in [0.15, 0.2) is 6.29 Å². The summed E-state index contributed by atoms with van der Waals surface area (Å²) >= 11 is 0. The molecule has 1 aromatic rings. The van der Waals surface area contributed by atoms with E-state index in [0.717, 1.165) is 4.90 Å². The van der Waals surface area contributed by atoms with E-state index in [1.807, 2.05) is 0 Å². The molecular weight excluding hydrogens is 392 g/mol. The third kappa shape index (κ3) is 4.22. The van der Waals surface area contributed by atoms with E-state index in [1.54, 1.807) is 45.0 Å². The van der Waals surface area contributed by atoms with E-state index in [-0.39, 0.29) is 6.42 Å². The van der Waals surface area contributed by atoms with Crippen LogP contribution >= 0.6 is 0 Å². The highest BCUT2D eigenvalue weighted by molar-refractivity contribution is 6.21. The highest BCUT2D eigenvalue weighted by Crippen LogP contribution is 2.50. The molecule has 0 bridgehead atoms. The summed E-state index contributed by atoms with van der Waals surface area (Å²) in [4.78, 5) is 38.7. The number of methoxy groups -OCH3 is 2. The molecule has 9 nitrogen and oxygen atoms in total. The normalized spacial score (nSPS) is 19.5. The zero-order valence-corrected chi connectivity index (χ0v) is 17.9. The SMILES string of the molecule is C=CC[C@]1([C@@H](C[N+](=O)[O-])C(OC)OC)C(=O)N(C(=O)OC(C)(C)C)c2ccccc21. The van der Waals surface area contributed by atoms with Gasteiger partial charge in [0.05, 0.1) is 17.0 Å². The number of hydrogen-bond acceptors (Lipinski definition) is 7. The van der Waals surface area contributed by atoms with Gasteiger partial charge in [-0.05, 0) is 38.8 Å². The highest BCUT2D eigenvalue weighted by Gasteiger charge is 2.60. The molecule has 1 heterocycles. The molecule has 0 unspecified atom stereocenters. The van der Waals surface area contributed by atoms with E-state index in [0.29, 0.717) is 11.3 Å². The first-order chi connectivity index (χ1) is 14.0. The maximum atomic E-state index is 13.8. The Kier molecular flexibility index (Phi) is 6.99. The molecular formula is C21H28N2O7. The summed E-state index contributed by atoms with van der Waals surface area (Å²) in [7, 11) is 2.69. The Hall–Kier alpha value is -2.78. The molecule has 0 saturated heterocycles. The molecule has 9 heteroatoms. The van der Waals surface area contributed by atoms with Gasteiger partial charge >= 0.3 is 6.09 Å². The number of allylic oxidation sites excluding steroid dienone is 1. The van der Waals surface area contributed by atoms with Crippen molar-refractivity contribution in [3.8, 4) is 0 Å². The molecule has 0 fully saturated rings. The smallest absolute Gasteiger partial charge is 0.421 e. The van der Waals surface area contributed by atoms with E-state index in [4.69, 9.17) is 14.2 Å². The lowest BCUT2D eigenvalue weighted by Crippen LogP contribution is -2.54. The summed E-state index contributed by atoms with van der Waals surface area (Å²) in [5.74, 6) is -1.66. The zero-order valence-electron chi connectivity index (χ0n) is 17.9. The zero-order chi connectivity index (χ0) is 22.7. The van der Waals surface area contributed by atoms with Crippen molar-refractivity contribution in [1.29, 1.82) is 0 Å². The van der Waals surface area contributed by atoms with Crippen LogP contribution in [-0.4, -0.2) is 49.6 Å². The fourth-order valence-electron chi connectivity index (χ4n) is 3.95. The Bertz CT molecular complexity index is 829. The number of ether oxygens (including phenoxy) is 3. The Morgan fingerprint density at radius 1 is 1.30 bits per heavy atom. The maximum Gasteiger partial charge on any atom is 0.421 e. The van der Waals surface area contributed by atoms with E-state index in [9.17, 15) is 19.7 Å². The lowest BCUT2D eigenvalue weighted by Gasteiger charge is -2.37. The maximum absolute atomic E-state index is 13.8. The van der Waals surface area contributed by atoms with E-state index in [2.05, 4.69) is 6.58 Å². The third-order valence-corrected chi connectivity index (χ3v) is 5.02. The van der Waals surface area contributed by atoms with Crippen LogP contribution < -0.4 is 4.90 Å². The summed E-state index contributed by atoms with van der Waals surface area (Å²) in [6.07, 6.45) is -0.366. The van der Waals surface area contributed by atoms with Gasteiger partial charge in [-0.1, -0.05) is 24.3 Å². The van der Waals surface area contributed by atoms with Crippen molar-refractivity contribution >= 4 is 17.7 Å². The van der Waals surface area contributed by atoms with Crippen molar-refractivity contribution in [2.24, 2.45) is 5.92 Å². The predicted octanol–water partition coefficient (Wildman–Crippen LogP) is 3.29. The predicted molar refractivity (Wildman–Crippen MR) is 110 cm³/mol. The second-order valence-corrected chi connectivity index (χ2v) is 8.06. The molecule has 2 atom stereocenters. The molecule has 0 saturated carbocycles. The van der Waals surface area contributed by atoms with Gasteiger partial charge in [0, 0.05) is 19.1 Å². The number of rotatable bonds is 8. The van der Waals surface area contributed by atoms with Gasteiger partial charge in [-0.3, -0.25) is 14.9 Å². The minimum atomic E-state index is -1.49. The van der Waals surface area contributed by atoms with Crippen molar-refractivity contribution in [3.63, 3.8) is 0 Å². The number of carbonyl (C=O) groups excluding carboxylic acids is 2. The van der Waals surface area contributed by atoms with Crippen LogP contribution in [0.3, 0.4) is 0 Å². The summed E-state index contributed by atoms with van der Waals surface area (Å²) in [5.41, 5.74) is -1.54. The average molecular weight is 420 g/mol. The van der Waals surface area contributed by atoms with Gasteiger partial charge in [0.25, 0.3) is 0 Å². The van der Waals surface area contributed by atoms with Gasteiger partial charge in [0.2, 0.25) is 12.5 Å². The fraction of sp³-hybridized carbons (Fsp3) is 0.524. The van der Waals surface area contributed by atoms with Crippen LogP contribution in [0, 0.1) is 16.0 Å². The summed E-state index contributed by atoms with van der Waals surface area (Å²) in [6.45, 7) is 8.20. The molecule has 0 N–H and O–H groups in total. The van der Waals surface area contributed by atoms with Crippen molar-refractivity contribution in [1.82, 2.24) is 0 Å².